The standard InChI is InChI=1S/C19H17N11/c1-12-23-13(10-15(24-12)25-16-11-20-7-8-21-16)18-19(26-14-5-9-29(2)28-14)27-17-4-3-6-22-30(17)18/h3-11H,1-2H3,(H,26,28)(H,21,23,24,25). The third kappa shape index (κ3) is 3.39. The highest BCUT2D eigenvalue weighted by Gasteiger charge is 2.19. The van der Waals surface area contributed by atoms with Crippen LogP contribution in [0.2, 0.25) is 0 Å². The fourth-order valence-corrected chi connectivity index (χ4v) is 3.06. The number of hydrogen-bond donors (Lipinski definition) is 2. The molecular weight excluding hydrogens is 382 g/mol. The minimum atomic E-state index is 0.588. The van der Waals surface area contributed by atoms with Gasteiger partial charge >= 0.3 is 0 Å². The van der Waals surface area contributed by atoms with Crippen molar-refractivity contribution in [2.24, 2.45) is 7.05 Å². The summed E-state index contributed by atoms with van der Waals surface area (Å²) in [6, 6.07) is 7.41. The van der Waals surface area contributed by atoms with Gasteiger partial charge in [0.2, 0.25) is 0 Å². The van der Waals surface area contributed by atoms with E-state index in [0.29, 0.717) is 46.1 Å². The highest BCUT2D eigenvalue weighted by molar-refractivity contribution is 5.78. The summed E-state index contributed by atoms with van der Waals surface area (Å²) in [4.78, 5) is 22.1. The zero-order valence-electron chi connectivity index (χ0n) is 16.2. The molecule has 11 nitrogen and oxygen atoms in total. The molecule has 5 heterocycles. The van der Waals surface area contributed by atoms with Gasteiger partial charge in [0, 0.05) is 44.0 Å². The van der Waals surface area contributed by atoms with Gasteiger partial charge in [-0.25, -0.2) is 24.5 Å². The maximum atomic E-state index is 4.67. The van der Waals surface area contributed by atoms with E-state index in [1.165, 1.54) is 0 Å². The Morgan fingerprint density at radius 3 is 2.67 bits per heavy atom. The smallest absolute Gasteiger partial charge is 0.162 e. The molecule has 30 heavy (non-hydrogen) atoms. The van der Waals surface area contributed by atoms with Crippen LogP contribution >= 0.6 is 0 Å². The Bertz CT molecular complexity index is 1320. The van der Waals surface area contributed by atoms with Crippen molar-refractivity contribution >= 4 is 28.9 Å². The van der Waals surface area contributed by atoms with Crippen molar-refractivity contribution < 1.29 is 0 Å². The van der Waals surface area contributed by atoms with E-state index in [1.54, 1.807) is 34.0 Å². The first-order chi connectivity index (χ1) is 14.7. The molecule has 5 aromatic heterocycles. The molecule has 0 bridgehead atoms. The van der Waals surface area contributed by atoms with Crippen molar-refractivity contribution in [3.63, 3.8) is 0 Å². The van der Waals surface area contributed by atoms with Crippen LogP contribution in [0.4, 0.5) is 23.3 Å². The lowest BCUT2D eigenvalue weighted by atomic mass is 10.2. The molecule has 5 rings (SSSR count). The molecule has 0 aliphatic carbocycles. The number of fused-ring (bicyclic) bond motifs is 1. The van der Waals surface area contributed by atoms with E-state index >= 15 is 0 Å². The summed E-state index contributed by atoms with van der Waals surface area (Å²) in [7, 11) is 1.86. The summed E-state index contributed by atoms with van der Waals surface area (Å²) in [5.74, 6) is 3.03. The molecule has 0 saturated heterocycles. The maximum absolute atomic E-state index is 4.67. The number of imidazole rings is 1. The first-order valence-electron chi connectivity index (χ1n) is 9.15. The number of anilines is 4. The molecule has 0 unspecified atom stereocenters. The SMILES string of the molecule is Cc1nc(Nc2cnccn2)cc(-c2c(Nc3ccn(C)n3)nc3cccnn23)n1. The molecule has 0 aliphatic heterocycles. The third-order valence-corrected chi connectivity index (χ3v) is 4.25. The maximum Gasteiger partial charge on any atom is 0.162 e. The topological polar surface area (TPSA) is 124 Å². The molecule has 148 valence electrons. The third-order valence-electron chi connectivity index (χ3n) is 4.25. The molecule has 11 heteroatoms. The lowest BCUT2D eigenvalue weighted by Crippen LogP contribution is -2.03. The van der Waals surface area contributed by atoms with Crippen LogP contribution in [0.1, 0.15) is 5.82 Å². The normalized spacial score (nSPS) is 11.0. The summed E-state index contributed by atoms with van der Waals surface area (Å²) < 4.78 is 3.45. The number of aromatic nitrogens is 9. The molecule has 2 N–H and O–H groups in total. The van der Waals surface area contributed by atoms with Crippen LogP contribution in [0.25, 0.3) is 17.0 Å². The van der Waals surface area contributed by atoms with Crippen LogP contribution in [0, 0.1) is 6.92 Å². The highest BCUT2D eigenvalue weighted by atomic mass is 15.3. The molecule has 5 aromatic rings. The minimum absolute atomic E-state index is 0.588. The van der Waals surface area contributed by atoms with E-state index in [1.807, 2.05) is 44.4 Å². The van der Waals surface area contributed by atoms with Crippen LogP contribution in [0.15, 0.2) is 55.2 Å². The summed E-state index contributed by atoms with van der Waals surface area (Å²) >= 11 is 0. The van der Waals surface area contributed by atoms with E-state index in [2.05, 4.69) is 45.8 Å². The summed E-state index contributed by atoms with van der Waals surface area (Å²) in [5, 5.41) is 15.3. The van der Waals surface area contributed by atoms with Crippen molar-refractivity contribution in [2.45, 2.75) is 6.92 Å². The lowest BCUT2D eigenvalue weighted by Gasteiger charge is -2.09. The van der Waals surface area contributed by atoms with Gasteiger partial charge in [-0.2, -0.15) is 10.2 Å². The Kier molecular flexibility index (Phi) is 4.24. The Hall–Kier alpha value is -4.41. The van der Waals surface area contributed by atoms with E-state index in [9.17, 15) is 0 Å². The second-order valence-electron chi connectivity index (χ2n) is 6.50. The minimum Gasteiger partial charge on any atom is -0.324 e. The predicted molar refractivity (Wildman–Crippen MR) is 111 cm³/mol. The van der Waals surface area contributed by atoms with Gasteiger partial charge < -0.3 is 10.6 Å². The number of rotatable bonds is 5. The van der Waals surface area contributed by atoms with E-state index in [-0.39, 0.29) is 0 Å². The molecule has 0 atom stereocenters. The molecule has 0 amide bonds. The second kappa shape index (κ2) is 7.20. The van der Waals surface area contributed by atoms with Crippen LogP contribution in [0.3, 0.4) is 0 Å². The highest BCUT2D eigenvalue weighted by Crippen LogP contribution is 2.30. The fraction of sp³-hybridized carbons (Fsp3) is 0.105. The Labute approximate surface area is 170 Å². The van der Waals surface area contributed by atoms with Gasteiger partial charge in [-0.15, -0.1) is 0 Å². The second-order valence-corrected chi connectivity index (χ2v) is 6.50. The Morgan fingerprint density at radius 1 is 0.933 bits per heavy atom. The monoisotopic (exact) mass is 399 g/mol. The fourth-order valence-electron chi connectivity index (χ4n) is 3.06. The molecule has 0 aromatic carbocycles. The molecule has 0 saturated carbocycles. The van der Waals surface area contributed by atoms with Gasteiger partial charge in [0.05, 0.1) is 11.9 Å². The Morgan fingerprint density at radius 2 is 1.87 bits per heavy atom. The van der Waals surface area contributed by atoms with Gasteiger partial charge in [-0.05, 0) is 19.1 Å². The molecule has 0 fully saturated rings. The van der Waals surface area contributed by atoms with Gasteiger partial charge in [0.1, 0.15) is 23.2 Å². The Balaban J connectivity index is 1.62. The van der Waals surface area contributed by atoms with Gasteiger partial charge in [0.25, 0.3) is 0 Å². The number of nitrogens with zero attached hydrogens (tertiary/aromatic N) is 9. The van der Waals surface area contributed by atoms with Gasteiger partial charge in [-0.1, -0.05) is 0 Å². The summed E-state index contributed by atoms with van der Waals surface area (Å²) in [5.41, 5.74) is 2.04. The number of aryl methyl sites for hydroxylation is 2. The van der Waals surface area contributed by atoms with Crippen molar-refractivity contribution in [2.75, 3.05) is 10.6 Å². The lowest BCUT2D eigenvalue weighted by molar-refractivity contribution is 0.771. The molecular formula is C19H17N11. The number of hydrogen-bond acceptors (Lipinski definition) is 9. The number of nitrogens with one attached hydrogen (secondary N) is 2. The largest absolute Gasteiger partial charge is 0.324 e. The summed E-state index contributed by atoms with van der Waals surface area (Å²) in [6.45, 7) is 1.83. The zero-order valence-corrected chi connectivity index (χ0v) is 16.2. The van der Waals surface area contributed by atoms with Crippen LogP contribution in [-0.4, -0.2) is 44.3 Å². The first-order valence-corrected chi connectivity index (χ1v) is 9.15. The quantitative estimate of drug-likeness (QED) is 0.459. The van der Waals surface area contributed by atoms with Gasteiger partial charge in [0.15, 0.2) is 17.3 Å². The molecule has 0 spiro atoms. The summed E-state index contributed by atoms with van der Waals surface area (Å²) in [6.07, 6.45) is 8.41. The van der Waals surface area contributed by atoms with Crippen molar-refractivity contribution in [3.05, 3.63) is 61.1 Å². The predicted octanol–water partition coefficient (Wildman–Crippen LogP) is 2.51. The average Bonchev–Trinajstić information content (AvgIpc) is 3.31. The van der Waals surface area contributed by atoms with Crippen molar-refractivity contribution in [1.29, 1.82) is 0 Å². The molecule has 0 radical (unpaired) electrons. The van der Waals surface area contributed by atoms with E-state index in [0.717, 1.165) is 0 Å². The van der Waals surface area contributed by atoms with Gasteiger partial charge in [-0.3, -0.25) is 9.67 Å². The molecule has 0 aliphatic rings. The van der Waals surface area contributed by atoms with E-state index < -0.39 is 0 Å². The van der Waals surface area contributed by atoms with Crippen molar-refractivity contribution in [1.82, 2.24) is 44.3 Å². The van der Waals surface area contributed by atoms with Crippen LogP contribution < -0.4 is 10.6 Å². The zero-order chi connectivity index (χ0) is 20.5. The average molecular weight is 399 g/mol. The van der Waals surface area contributed by atoms with Crippen molar-refractivity contribution in [3.8, 4) is 11.4 Å². The van der Waals surface area contributed by atoms with E-state index in [4.69, 9.17) is 0 Å². The first kappa shape index (κ1) is 17.7. The van der Waals surface area contributed by atoms with Crippen LogP contribution in [-0.2, 0) is 7.05 Å². The van der Waals surface area contributed by atoms with Crippen LogP contribution in [0.5, 0.6) is 0 Å².